The molecule has 3 heteroatoms. The van der Waals surface area contributed by atoms with E-state index in [2.05, 4.69) is 27.7 Å². The normalized spacial score (nSPS) is 24.7. The van der Waals surface area contributed by atoms with Gasteiger partial charge in [-0.15, -0.1) is 0 Å². The first-order valence-electron chi connectivity index (χ1n) is 8.71. The summed E-state index contributed by atoms with van der Waals surface area (Å²) in [4.78, 5) is 14.5. The van der Waals surface area contributed by atoms with Gasteiger partial charge in [-0.1, -0.05) is 27.7 Å². The standard InChI is InChI=1S/C18H36N2O/c1-14-6-9-16(10-7-14)20(5)17(21)11-8-15(12-13-19)18(2,3)4/h14-16H,6-13,19H2,1-5H3. The Balaban J connectivity index is 2.44. The van der Waals surface area contributed by atoms with Crippen LogP contribution < -0.4 is 5.73 Å². The van der Waals surface area contributed by atoms with Crippen molar-refractivity contribution in [3.63, 3.8) is 0 Å². The third-order valence-corrected chi connectivity index (χ3v) is 5.37. The molecule has 0 radical (unpaired) electrons. The molecule has 0 aromatic heterocycles. The average Bonchev–Trinajstić information content (AvgIpc) is 2.42. The Morgan fingerprint density at radius 2 is 1.76 bits per heavy atom. The van der Waals surface area contributed by atoms with Crippen LogP contribution in [0.1, 0.15) is 72.6 Å². The molecule has 0 aromatic carbocycles. The zero-order valence-corrected chi connectivity index (χ0v) is 14.8. The van der Waals surface area contributed by atoms with Crippen molar-refractivity contribution in [2.24, 2.45) is 23.0 Å². The minimum atomic E-state index is 0.235. The molecule has 1 aliphatic rings. The molecule has 1 rings (SSSR count). The first-order valence-corrected chi connectivity index (χ1v) is 8.71. The summed E-state index contributed by atoms with van der Waals surface area (Å²) < 4.78 is 0. The van der Waals surface area contributed by atoms with E-state index in [1.54, 1.807) is 0 Å². The van der Waals surface area contributed by atoms with Gasteiger partial charge < -0.3 is 10.6 Å². The maximum atomic E-state index is 12.5. The van der Waals surface area contributed by atoms with E-state index in [1.165, 1.54) is 25.7 Å². The highest BCUT2D eigenvalue weighted by atomic mass is 16.2. The summed E-state index contributed by atoms with van der Waals surface area (Å²) >= 11 is 0. The lowest BCUT2D eigenvalue weighted by Gasteiger charge is -2.35. The van der Waals surface area contributed by atoms with Crippen LogP contribution in [0.3, 0.4) is 0 Å². The van der Waals surface area contributed by atoms with Crippen LogP contribution >= 0.6 is 0 Å². The molecule has 1 amide bonds. The highest BCUT2D eigenvalue weighted by Crippen LogP contribution is 2.33. The van der Waals surface area contributed by atoms with Crippen LogP contribution in [0.15, 0.2) is 0 Å². The predicted octanol–water partition coefficient (Wildman–Crippen LogP) is 3.81. The van der Waals surface area contributed by atoms with Gasteiger partial charge in [0.1, 0.15) is 0 Å². The molecule has 0 bridgehead atoms. The van der Waals surface area contributed by atoms with E-state index in [-0.39, 0.29) is 5.41 Å². The van der Waals surface area contributed by atoms with Crippen LogP contribution in [-0.2, 0) is 4.79 Å². The third-order valence-electron chi connectivity index (χ3n) is 5.37. The van der Waals surface area contributed by atoms with E-state index >= 15 is 0 Å². The van der Waals surface area contributed by atoms with Crippen molar-refractivity contribution in [3.8, 4) is 0 Å². The van der Waals surface area contributed by atoms with E-state index in [4.69, 9.17) is 5.73 Å². The van der Waals surface area contributed by atoms with Crippen molar-refractivity contribution in [2.75, 3.05) is 13.6 Å². The lowest BCUT2D eigenvalue weighted by molar-refractivity contribution is -0.133. The molecular weight excluding hydrogens is 260 g/mol. The molecule has 0 aromatic rings. The van der Waals surface area contributed by atoms with Gasteiger partial charge in [-0.2, -0.15) is 0 Å². The summed E-state index contributed by atoms with van der Waals surface area (Å²) in [7, 11) is 2.00. The van der Waals surface area contributed by atoms with Crippen LogP contribution in [0, 0.1) is 17.3 Å². The quantitative estimate of drug-likeness (QED) is 0.810. The molecule has 1 unspecified atom stereocenters. The molecule has 21 heavy (non-hydrogen) atoms. The molecule has 1 aliphatic carbocycles. The maximum absolute atomic E-state index is 12.5. The first-order chi connectivity index (χ1) is 9.75. The summed E-state index contributed by atoms with van der Waals surface area (Å²) in [6, 6.07) is 0.469. The Kier molecular flexibility index (Phi) is 7.19. The summed E-state index contributed by atoms with van der Waals surface area (Å²) in [5.74, 6) is 1.69. The molecule has 124 valence electrons. The molecule has 0 spiro atoms. The molecule has 0 saturated heterocycles. The predicted molar refractivity (Wildman–Crippen MR) is 90.0 cm³/mol. The van der Waals surface area contributed by atoms with Crippen LogP contribution in [-0.4, -0.2) is 30.4 Å². The first kappa shape index (κ1) is 18.5. The van der Waals surface area contributed by atoms with E-state index in [1.807, 2.05) is 11.9 Å². The van der Waals surface area contributed by atoms with Gasteiger partial charge in [-0.25, -0.2) is 0 Å². The monoisotopic (exact) mass is 296 g/mol. The van der Waals surface area contributed by atoms with Crippen LogP contribution in [0.5, 0.6) is 0 Å². The molecule has 2 N–H and O–H groups in total. The Bertz CT molecular complexity index is 314. The van der Waals surface area contributed by atoms with Gasteiger partial charge in [-0.05, 0) is 62.3 Å². The molecule has 1 fully saturated rings. The number of amides is 1. The van der Waals surface area contributed by atoms with Crippen molar-refractivity contribution in [1.82, 2.24) is 4.90 Å². The number of carbonyl (C=O) groups excluding carboxylic acids is 1. The minimum absolute atomic E-state index is 0.235. The maximum Gasteiger partial charge on any atom is 0.222 e. The number of hydrogen-bond donors (Lipinski definition) is 1. The summed E-state index contributed by atoms with van der Waals surface area (Å²) in [5.41, 5.74) is 5.96. The Labute approximate surface area is 131 Å². The third kappa shape index (κ3) is 5.98. The van der Waals surface area contributed by atoms with Crippen LogP contribution in [0.2, 0.25) is 0 Å². The van der Waals surface area contributed by atoms with Crippen LogP contribution in [0.25, 0.3) is 0 Å². The topological polar surface area (TPSA) is 46.3 Å². The van der Waals surface area contributed by atoms with Gasteiger partial charge in [-0.3, -0.25) is 4.79 Å². The Hall–Kier alpha value is -0.570. The molecule has 1 saturated carbocycles. The second-order valence-electron chi connectivity index (χ2n) is 8.10. The lowest BCUT2D eigenvalue weighted by Crippen LogP contribution is -2.39. The second-order valence-corrected chi connectivity index (χ2v) is 8.10. The Morgan fingerprint density at radius 1 is 1.19 bits per heavy atom. The zero-order chi connectivity index (χ0) is 16.0. The van der Waals surface area contributed by atoms with E-state index in [0.717, 1.165) is 18.8 Å². The van der Waals surface area contributed by atoms with Crippen molar-refractivity contribution in [2.45, 2.75) is 78.7 Å². The number of hydrogen-bond acceptors (Lipinski definition) is 2. The largest absolute Gasteiger partial charge is 0.343 e. The van der Waals surface area contributed by atoms with Crippen molar-refractivity contribution >= 4 is 5.91 Å². The van der Waals surface area contributed by atoms with Gasteiger partial charge >= 0.3 is 0 Å². The van der Waals surface area contributed by atoms with E-state index in [0.29, 0.717) is 30.8 Å². The Morgan fingerprint density at radius 3 is 2.24 bits per heavy atom. The lowest BCUT2D eigenvalue weighted by atomic mass is 9.76. The van der Waals surface area contributed by atoms with Gasteiger partial charge in [0, 0.05) is 19.5 Å². The van der Waals surface area contributed by atoms with Crippen molar-refractivity contribution in [1.29, 1.82) is 0 Å². The van der Waals surface area contributed by atoms with Crippen LogP contribution in [0.4, 0.5) is 0 Å². The molecule has 0 heterocycles. The average molecular weight is 296 g/mol. The number of carbonyl (C=O) groups is 1. The fourth-order valence-corrected chi connectivity index (χ4v) is 3.52. The van der Waals surface area contributed by atoms with Crippen molar-refractivity contribution in [3.05, 3.63) is 0 Å². The van der Waals surface area contributed by atoms with Crippen molar-refractivity contribution < 1.29 is 4.79 Å². The SMILES string of the molecule is CC1CCC(N(C)C(=O)CCC(CCN)C(C)(C)C)CC1. The molecule has 0 aliphatic heterocycles. The molecule has 1 atom stereocenters. The van der Waals surface area contributed by atoms with E-state index in [9.17, 15) is 4.79 Å². The molecule has 3 nitrogen and oxygen atoms in total. The highest BCUT2D eigenvalue weighted by Gasteiger charge is 2.27. The minimum Gasteiger partial charge on any atom is -0.343 e. The summed E-state index contributed by atoms with van der Waals surface area (Å²) in [6.45, 7) is 9.80. The van der Waals surface area contributed by atoms with Gasteiger partial charge in [0.15, 0.2) is 0 Å². The van der Waals surface area contributed by atoms with Gasteiger partial charge in [0.25, 0.3) is 0 Å². The number of nitrogens with zero attached hydrogens (tertiary/aromatic N) is 1. The smallest absolute Gasteiger partial charge is 0.222 e. The van der Waals surface area contributed by atoms with E-state index < -0.39 is 0 Å². The second kappa shape index (κ2) is 8.17. The number of rotatable bonds is 6. The number of nitrogens with two attached hydrogens (primary N) is 1. The highest BCUT2D eigenvalue weighted by molar-refractivity contribution is 5.76. The summed E-state index contributed by atoms with van der Waals surface area (Å²) in [6.07, 6.45) is 7.53. The fourth-order valence-electron chi connectivity index (χ4n) is 3.52. The molecular formula is C18H36N2O. The summed E-state index contributed by atoms with van der Waals surface area (Å²) in [5, 5.41) is 0. The fraction of sp³-hybridized carbons (Fsp3) is 0.944. The zero-order valence-electron chi connectivity index (χ0n) is 14.8. The van der Waals surface area contributed by atoms with Gasteiger partial charge in [0.05, 0.1) is 0 Å². The van der Waals surface area contributed by atoms with Gasteiger partial charge in [0.2, 0.25) is 5.91 Å².